The van der Waals surface area contributed by atoms with Crippen LogP contribution in [0.3, 0.4) is 0 Å². The molecule has 0 aliphatic carbocycles. The maximum atomic E-state index is 13.1. The number of halogens is 6. The number of amides is 1. The van der Waals surface area contributed by atoms with Crippen LogP contribution in [0.5, 0.6) is 17.2 Å². The number of carbonyl (C=O) groups excluding carboxylic acids is 2. The van der Waals surface area contributed by atoms with E-state index in [-0.39, 0.29) is 5.75 Å². The minimum atomic E-state index is -4.91. The van der Waals surface area contributed by atoms with E-state index in [1.807, 2.05) is 5.32 Å². The number of methoxy groups -OCH3 is 1. The lowest BCUT2D eigenvalue weighted by molar-refractivity contribution is -0.274. The monoisotopic (exact) mass is 423 g/mol. The Morgan fingerprint density at radius 3 is 1.97 bits per heavy atom. The SMILES string of the molecule is COC(=O)C(=O)Nc1cc(Oc2ccc(OC(F)(F)F)cc2)cc(C(F)(F)F)c1. The van der Waals surface area contributed by atoms with E-state index in [0.29, 0.717) is 12.1 Å². The zero-order valence-corrected chi connectivity index (χ0v) is 14.4. The summed E-state index contributed by atoms with van der Waals surface area (Å²) in [5, 5.41) is 1.93. The number of hydrogen-bond donors (Lipinski definition) is 1. The maximum absolute atomic E-state index is 13.1. The van der Waals surface area contributed by atoms with Gasteiger partial charge in [0.2, 0.25) is 0 Å². The fourth-order valence-electron chi connectivity index (χ4n) is 2.01. The smallest absolute Gasteiger partial charge is 0.462 e. The van der Waals surface area contributed by atoms with E-state index in [1.54, 1.807) is 0 Å². The van der Waals surface area contributed by atoms with Gasteiger partial charge < -0.3 is 19.5 Å². The molecule has 2 aromatic carbocycles. The van der Waals surface area contributed by atoms with Gasteiger partial charge in [-0.3, -0.25) is 4.79 Å². The van der Waals surface area contributed by atoms with Crippen LogP contribution in [0.25, 0.3) is 0 Å². The van der Waals surface area contributed by atoms with Gasteiger partial charge in [-0.05, 0) is 36.4 Å². The Morgan fingerprint density at radius 1 is 0.862 bits per heavy atom. The summed E-state index contributed by atoms with van der Waals surface area (Å²) in [5.74, 6) is -3.70. The molecule has 12 heteroatoms. The number of benzene rings is 2. The third-order valence-corrected chi connectivity index (χ3v) is 3.16. The van der Waals surface area contributed by atoms with E-state index in [4.69, 9.17) is 4.74 Å². The van der Waals surface area contributed by atoms with E-state index in [2.05, 4.69) is 9.47 Å². The summed E-state index contributed by atoms with van der Waals surface area (Å²) < 4.78 is 88.7. The minimum Gasteiger partial charge on any atom is -0.462 e. The summed E-state index contributed by atoms with van der Waals surface area (Å²) in [6.45, 7) is 0. The molecule has 0 saturated heterocycles. The molecule has 0 heterocycles. The third-order valence-electron chi connectivity index (χ3n) is 3.16. The molecule has 0 radical (unpaired) electrons. The first kappa shape index (κ1) is 21.9. The number of ether oxygens (including phenoxy) is 3. The zero-order chi connectivity index (χ0) is 21.8. The highest BCUT2D eigenvalue weighted by Gasteiger charge is 2.32. The predicted octanol–water partition coefficient (Wildman–Crippen LogP) is 4.51. The van der Waals surface area contributed by atoms with Crippen LogP contribution in [-0.4, -0.2) is 25.3 Å². The molecule has 2 aromatic rings. The molecule has 0 aliphatic heterocycles. The number of nitrogens with one attached hydrogen (secondary N) is 1. The Kier molecular flexibility index (Phi) is 6.25. The highest BCUT2D eigenvalue weighted by atomic mass is 19.4. The van der Waals surface area contributed by atoms with Crippen LogP contribution in [0.1, 0.15) is 5.56 Å². The van der Waals surface area contributed by atoms with Crippen LogP contribution in [0, 0.1) is 0 Å². The second-order valence-electron chi connectivity index (χ2n) is 5.31. The van der Waals surface area contributed by atoms with Crippen molar-refractivity contribution >= 4 is 17.6 Å². The van der Waals surface area contributed by atoms with E-state index in [0.717, 1.165) is 37.4 Å². The standard InChI is InChI=1S/C17H11F6NO5/c1-27-15(26)14(25)24-10-6-9(16(18,19)20)7-13(8-10)28-11-2-4-12(5-3-11)29-17(21,22)23/h2-8H,1H3,(H,24,25). The van der Waals surface area contributed by atoms with Gasteiger partial charge in [0, 0.05) is 11.8 Å². The van der Waals surface area contributed by atoms with Gasteiger partial charge >= 0.3 is 24.4 Å². The van der Waals surface area contributed by atoms with Crippen molar-refractivity contribution in [2.45, 2.75) is 12.5 Å². The van der Waals surface area contributed by atoms with Crippen molar-refractivity contribution in [1.82, 2.24) is 0 Å². The molecule has 0 bridgehead atoms. The summed E-state index contributed by atoms with van der Waals surface area (Å²) in [6.07, 6.45) is -9.72. The molecule has 0 spiro atoms. The van der Waals surface area contributed by atoms with Crippen LogP contribution < -0.4 is 14.8 Å². The van der Waals surface area contributed by atoms with E-state index >= 15 is 0 Å². The molecule has 0 atom stereocenters. The Balaban J connectivity index is 2.28. The molecule has 0 unspecified atom stereocenters. The van der Waals surface area contributed by atoms with Crippen LogP contribution in [0.2, 0.25) is 0 Å². The zero-order valence-electron chi connectivity index (χ0n) is 14.4. The quantitative estimate of drug-likeness (QED) is 0.445. The Labute approximate surface area is 159 Å². The average Bonchev–Trinajstić information content (AvgIpc) is 2.60. The highest BCUT2D eigenvalue weighted by Crippen LogP contribution is 2.36. The van der Waals surface area contributed by atoms with Crippen molar-refractivity contribution in [3.63, 3.8) is 0 Å². The molecule has 156 valence electrons. The van der Waals surface area contributed by atoms with Crippen molar-refractivity contribution < 1.29 is 50.1 Å². The molecule has 0 saturated carbocycles. The molecule has 1 amide bonds. The number of anilines is 1. The highest BCUT2D eigenvalue weighted by molar-refractivity contribution is 6.37. The molecule has 0 aliphatic rings. The first-order valence-electron chi connectivity index (χ1n) is 7.52. The van der Waals surface area contributed by atoms with E-state index in [1.165, 1.54) is 0 Å². The fraction of sp³-hybridized carbons (Fsp3) is 0.176. The van der Waals surface area contributed by atoms with Gasteiger partial charge in [0.15, 0.2) is 0 Å². The third kappa shape index (κ3) is 6.59. The number of hydrogen-bond acceptors (Lipinski definition) is 5. The summed E-state index contributed by atoms with van der Waals surface area (Å²) in [4.78, 5) is 22.6. The van der Waals surface area contributed by atoms with Crippen molar-refractivity contribution in [1.29, 1.82) is 0 Å². The number of esters is 1. The van der Waals surface area contributed by atoms with Crippen molar-refractivity contribution in [3.05, 3.63) is 48.0 Å². The molecular formula is C17H11F6NO5. The second kappa shape index (κ2) is 8.29. The van der Waals surface area contributed by atoms with Crippen LogP contribution >= 0.6 is 0 Å². The van der Waals surface area contributed by atoms with Crippen LogP contribution in [0.4, 0.5) is 32.0 Å². The first-order valence-corrected chi connectivity index (χ1v) is 7.52. The summed E-state index contributed by atoms with van der Waals surface area (Å²) in [7, 11) is 0.911. The van der Waals surface area contributed by atoms with Gasteiger partial charge in [0.05, 0.1) is 12.7 Å². The second-order valence-corrected chi connectivity index (χ2v) is 5.31. The summed E-state index contributed by atoms with van der Waals surface area (Å²) in [5.41, 5.74) is -1.62. The fourth-order valence-corrected chi connectivity index (χ4v) is 2.01. The Morgan fingerprint density at radius 2 is 1.45 bits per heavy atom. The van der Waals surface area contributed by atoms with Crippen LogP contribution in [-0.2, 0) is 20.5 Å². The lowest BCUT2D eigenvalue weighted by Crippen LogP contribution is -2.24. The van der Waals surface area contributed by atoms with Gasteiger partial charge in [-0.2, -0.15) is 13.2 Å². The topological polar surface area (TPSA) is 73.9 Å². The Bertz CT molecular complexity index is 893. The molecule has 2 rings (SSSR count). The van der Waals surface area contributed by atoms with Gasteiger partial charge in [0.25, 0.3) is 0 Å². The minimum absolute atomic E-state index is 0.107. The molecule has 0 fully saturated rings. The maximum Gasteiger partial charge on any atom is 0.573 e. The molecule has 0 aromatic heterocycles. The lowest BCUT2D eigenvalue weighted by Gasteiger charge is -2.14. The van der Waals surface area contributed by atoms with Crippen LogP contribution in [0.15, 0.2) is 42.5 Å². The lowest BCUT2D eigenvalue weighted by atomic mass is 10.1. The van der Waals surface area contributed by atoms with Crippen molar-refractivity contribution in [3.8, 4) is 17.2 Å². The molecule has 29 heavy (non-hydrogen) atoms. The largest absolute Gasteiger partial charge is 0.573 e. The van der Waals surface area contributed by atoms with Gasteiger partial charge in [-0.15, -0.1) is 13.2 Å². The first-order chi connectivity index (χ1) is 13.4. The number of alkyl halides is 6. The normalized spacial score (nSPS) is 11.6. The molecule has 1 N–H and O–H groups in total. The van der Waals surface area contributed by atoms with Gasteiger partial charge in [-0.1, -0.05) is 0 Å². The van der Waals surface area contributed by atoms with Gasteiger partial charge in [-0.25, -0.2) is 4.79 Å². The van der Waals surface area contributed by atoms with Crippen molar-refractivity contribution in [2.75, 3.05) is 12.4 Å². The molecular weight excluding hydrogens is 412 g/mol. The van der Waals surface area contributed by atoms with E-state index < -0.39 is 47.2 Å². The summed E-state index contributed by atoms with van der Waals surface area (Å²) >= 11 is 0. The van der Waals surface area contributed by atoms with Gasteiger partial charge in [0.1, 0.15) is 17.2 Å². The summed E-state index contributed by atoms with van der Waals surface area (Å²) in [6, 6.07) is 6.02. The number of carbonyl (C=O) groups is 2. The van der Waals surface area contributed by atoms with E-state index in [9.17, 15) is 35.9 Å². The number of rotatable bonds is 4. The Hall–Kier alpha value is -3.44. The predicted molar refractivity (Wildman–Crippen MR) is 85.3 cm³/mol. The average molecular weight is 423 g/mol. The molecule has 6 nitrogen and oxygen atoms in total. The van der Waals surface area contributed by atoms with Crippen molar-refractivity contribution in [2.24, 2.45) is 0 Å².